The molecule has 1 aromatic rings. The molecular weight excluding hydrogens is 200 g/mol. The predicted octanol–water partition coefficient (Wildman–Crippen LogP) is 2.28. The molecule has 2 unspecified atom stereocenters. The Kier molecular flexibility index (Phi) is 3.13. The minimum Gasteiger partial charge on any atom is -0.299 e. The molecule has 2 atom stereocenters. The summed E-state index contributed by atoms with van der Waals surface area (Å²) in [5.74, 6) is 1.42. The van der Waals surface area contributed by atoms with Gasteiger partial charge in [0.05, 0.1) is 5.69 Å². The number of nitrogens with zero attached hydrogens (tertiary/aromatic N) is 2. The minimum absolute atomic E-state index is 0.296. The summed E-state index contributed by atoms with van der Waals surface area (Å²) in [4.78, 5) is 12.1. The highest BCUT2D eigenvalue weighted by molar-refractivity contribution is 5.83. The average Bonchev–Trinajstić information content (AvgIpc) is 2.74. The molecule has 1 aromatic heterocycles. The quantitative estimate of drug-likeness (QED) is 0.783. The van der Waals surface area contributed by atoms with E-state index in [2.05, 4.69) is 12.0 Å². The molecule has 1 heterocycles. The molecule has 0 aliphatic heterocycles. The number of Topliss-reactive ketones (excluding diaryl/α,β-unsaturated/α-hetero) is 1. The topological polar surface area (TPSA) is 34.9 Å². The van der Waals surface area contributed by atoms with E-state index in [0.29, 0.717) is 18.1 Å². The summed E-state index contributed by atoms with van der Waals surface area (Å²) in [5, 5.41) is 4.27. The molecule has 1 aliphatic carbocycles. The molecule has 0 amide bonds. The van der Waals surface area contributed by atoms with Crippen LogP contribution in [0.2, 0.25) is 0 Å². The van der Waals surface area contributed by atoms with Crippen LogP contribution in [0.5, 0.6) is 0 Å². The van der Waals surface area contributed by atoms with Crippen molar-refractivity contribution in [3.05, 3.63) is 17.5 Å². The smallest absolute Gasteiger partial charge is 0.141 e. The number of hydrogen-bond donors (Lipinski definition) is 0. The second-order valence-corrected chi connectivity index (χ2v) is 5.16. The van der Waals surface area contributed by atoms with Gasteiger partial charge in [0.25, 0.3) is 0 Å². The van der Waals surface area contributed by atoms with Gasteiger partial charge in [0.2, 0.25) is 0 Å². The summed E-state index contributed by atoms with van der Waals surface area (Å²) in [6.07, 6.45) is 3.92. The number of ketones is 1. The van der Waals surface area contributed by atoms with Crippen LogP contribution in [0.4, 0.5) is 0 Å². The van der Waals surface area contributed by atoms with Crippen molar-refractivity contribution >= 4 is 5.78 Å². The standard InChI is InChI=1S/C13H20N2O/c1-9-4-5-11(6-9)13(16)8-12-7-10(2)14-15(12)3/h7,9,11H,4-6,8H2,1-3H3. The van der Waals surface area contributed by atoms with Crippen LogP contribution in [0.3, 0.4) is 0 Å². The molecular formula is C13H20N2O. The van der Waals surface area contributed by atoms with Gasteiger partial charge in [-0.05, 0) is 38.2 Å². The second kappa shape index (κ2) is 4.40. The van der Waals surface area contributed by atoms with Crippen molar-refractivity contribution in [2.45, 2.75) is 39.5 Å². The van der Waals surface area contributed by atoms with Gasteiger partial charge in [-0.25, -0.2) is 0 Å². The summed E-state index contributed by atoms with van der Waals surface area (Å²) in [6, 6.07) is 2.01. The van der Waals surface area contributed by atoms with E-state index in [1.807, 2.05) is 24.7 Å². The Bertz CT molecular complexity index is 395. The van der Waals surface area contributed by atoms with E-state index in [1.54, 1.807) is 0 Å². The molecule has 1 aliphatic rings. The summed E-state index contributed by atoms with van der Waals surface area (Å²) >= 11 is 0. The lowest BCUT2D eigenvalue weighted by molar-refractivity contribution is -0.122. The SMILES string of the molecule is Cc1cc(CC(=O)C2CCC(C)C2)n(C)n1. The lowest BCUT2D eigenvalue weighted by Crippen LogP contribution is -2.15. The van der Waals surface area contributed by atoms with E-state index in [4.69, 9.17) is 0 Å². The van der Waals surface area contributed by atoms with Crippen molar-refractivity contribution in [3.63, 3.8) is 0 Å². The maximum atomic E-state index is 12.1. The van der Waals surface area contributed by atoms with Crippen LogP contribution in [0.15, 0.2) is 6.07 Å². The fourth-order valence-corrected chi connectivity index (χ4v) is 2.65. The number of rotatable bonds is 3. The molecule has 3 nitrogen and oxygen atoms in total. The zero-order valence-corrected chi connectivity index (χ0v) is 10.4. The van der Waals surface area contributed by atoms with Crippen molar-refractivity contribution in [1.29, 1.82) is 0 Å². The fourth-order valence-electron chi connectivity index (χ4n) is 2.65. The summed E-state index contributed by atoms with van der Waals surface area (Å²) in [7, 11) is 1.91. The van der Waals surface area contributed by atoms with Gasteiger partial charge in [-0.2, -0.15) is 5.10 Å². The molecule has 0 N–H and O–H groups in total. The van der Waals surface area contributed by atoms with Gasteiger partial charge < -0.3 is 0 Å². The predicted molar refractivity (Wildman–Crippen MR) is 63.2 cm³/mol. The number of carbonyl (C=O) groups excluding carboxylic acids is 1. The van der Waals surface area contributed by atoms with E-state index in [0.717, 1.165) is 30.1 Å². The second-order valence-electron chi connectivity index (χ2n) is 5.16. The van der Waals surface area contributed by atoms with Gasteiger partial charge in [0.15, 0.2) is 0 Å². The Labute approximate surface area is 96.8 Å². The molecule has 0 bridgehead atoms. The van der Waals surface area contributed by atoms with Crippen molar-refractivity contribution < 1.29 is 4.79 Å². The highest BCUT2D eigenvalue weighted by atomic mass is 16.1. The first kappa shape index (κ1) is 11.4. The van der Waals surface area contributed by atoms with Gasteiger partial charge in [-0.15, -0.1) is 0 Å². The number of aromatic nitrogens is 2. The highest BCUT2D eigenvalue weighted by Gasteiger charge is 2.27. The van der Waals surface area contributed by atoms with Gasteiger partial charge >= 0.3 is 0 Å². The number of aryl methyl sites for hydroxylation is 2. The van der Waals surface area contributed by atoms with Crippen LogP contribution in [-0.2, 0) is 18.3 Å². The monoisotopic (exact) mass is 220 g/mol. The molecule has 3 heteroatoms. The molecule has 0 spiro atoms. The van der Waals surface area contributed by atoms with E-state index in [1.165, 1.54) is 6.42 Å². The van der Waals surface area contributed by atoms with Gasteiger partial charge in [-0.3, -0.25) is 9.48 Å². The van der Waals surface area contributed by atoms with Crippen LogP contribution in [-0.4, -0.2) is 15.6 Å². The molecule has 0 radical (unpaired) electrons. The van der Waals surface area contributed by atoms with E-state index >= 15 is 0 Å². The zero-order chi connectivity index (χ0) is 11.7. The fraction of sp³-hybridized carbons (Fsp3) is 0.692. The van der Waals surface area contributed by atoms with Gasteiger partial charge in [-0.1, -0.05) is 6.92 Å². The molecule has 2 rings (SSSR count). The largest absolute Gasteiger partial charge is 0.299 e. The van der Waals surface area contributed by atoms with Crippen LogP contribution < -0.4 is 0 Å². The van der Waals surface area contributed by atoms with E-state index in [-0.39, 0.29) is 0 Å². The zero-order valence-electron chi connectivity index (χ0n) is 10.4. The Hall–Kier alpha value is -1.12. The lowest BCUT2D eigenvalue weighted by Gasteiger charge is -2.08. The van der Waals surface area contributed by atoms with Crippen molar-refractivity contribution in [1.82, 2.24) is 9.78 Å². The van der Waals surface area contributed by atoms with Gasteiger partial charge in [0.1, 0.15) is 5.78 Å². The summed E-state index contributed by atoms with van der Waals surface area (Å²) in [5.41, 5.74) is 2.03. The summed E-state index contributed by atoms with van der Waals surface area (Å²) in [6.45, 7) is 4.20. The molecule has 1 fully saturated rings. The minimum atomic E-state index is 0.296. The van der Waals surface area contributed by atoms with Gasteiger partial charge in [0, 0.05) is 25.1 Å². The first-order chi connectivity index (χ1) is 7.56. The third-order valence-electron chi connectivity index (χ3n) is 3.60. The van der Waals surface area contributed by atoms with Crippen molar-refractivity contribution in [2.75, 3.05) is 0 Å². The maximum absolute atomic E-state index is 12.1. The Morgan fingerprint density at radius 3 is 2.81 bits per heavy atom. The highest BCUT2D eigenvalue weighted by Crippen LogP contribution is 2.31. The Morgan fingerprint density at radius 2 is 2.31 bits per heavy atom. The third-order valence-corrected chi connectivity index (χ3v) is 3.60. The first-order valence-corrected chi connectivity index (χ1v) is 6.08. The van der Waals surface area contributed by atoms with Crippen molar-refractivity contribution in [3.8, 4) is 0 Å². The maximum Gasteiger partial charge on any atom is 0.141 e. The average molecular weight is 220 g/mol. The van der Waals surface area contributed by atoms with Crippen LogP contribution in [0, 0.1) is 18.8 Å². The van der Waals surface area contributed by atoms with Crippen molar-refractivity contribution in [2.24, 2.45) is 18.9 Å². The summed E-state index contributed by atoms with van der Waals surface area (Å²) < 4.78 is 1.83. The van der Waals surface area contributed by atoms with E-state index < -0.39 is 0 Å². The molecule has 0 saturated heterocycles. The first-order valence-electron chi connectivity index (χ1n) is 6.08. The number of carbonyl (C=O) groups is 1. The Morgan fingerprint density at radius 1 is 1.56 bits per heavy atom. The van der Waals surface area contributed by atoms with E-state index in [9.17, 15) is 4.79 Å². The van der Waals surface area contributed by atoms with Crippen LogP contribution in [0.1, 0.15) is 37.6 Å². The normalized spacial score (nSPS) is 24.9. The molecule has 0 aromatic carbocycles. The molecule has 88 valence electrons. The van der Waals surface area contributed by atoms with Crippen LogP contribution >= 0.6 is 0 Å². The Balaban J connectivity index is 1.99. The lowest BCUT2D eigenvalue weighted by atomic mass is 9.97. The molecule has 1 saturated carbocycles. The number of hydrogen-bond acceptors (Lipinski definition) is 2. The molecule has 16 heavy (non-hydrogen) atoms. The third kappa shape index (κ3) is 2.34. The van der Waals surface area contributed by atoms with Crippen LogP contribution in [0.25, 0.3) is 0 Å².